The molecule has 2 aromatic rings. The molecule has 2 fully saturated rings. The van der Waals surface area contributed by atoms with Crippen LogP contribution < -0.4 is 5.32 Å². The van der Waals surface area contributed by atoms with Crippen LogP contribution >= 0.6 is 16.5 Å². The van der Waals surface area contributed by atoms with Crippen molar-refractivity contribution >= 4 is 33.5 Å². The average Bonchev–Trinajstić information content (AvgIpc) is 3.50. The maximum Gasteiger partial charge on any atom is 0.695 e. The van der Waals surface area contributed by atoms with Gasteiger partial charge in [0.2, 0.25) is 0 Å². The molecular formula is C17H23N5O10P2+2. The van der Waals surface area contributed by atoms with Crippen LogP contribution in [0.5, 0.6) is 0 Å². The number of methoxy groups -OCH3 is 1. The maximum absolute atomic E-state index is 11.0. The molecule has 0 radical (unpaired) electrons. The molecule has 15 nitrogen and oxygen atoms in total. The molecule has 2 saturated heterocycles. The van der Waals surface area contributed by atoms with E-state index in [2.05, 4.69) is 24.8 Å². The minimum Gasteiger partial charge on any atom is -0.365 e. The van der Waals surface area contributed by atoms with E-state index in [9.17, 15) is 9.13 Å². The van der Waals surface area contributed by atoms with Crippen LogP contribution in [0, 0.1) is 0 Å². The van der Waals surface area contributed by atoms with E-state index in [0.29, 0.717) is 23.5 Å². The van der Waals surface area contributed by atoms with Crippen molar-refractivity contribution in [3.8, 4) is 0 Å². The predicted octanol–water partition coefficient (Wildman–Crippen LogP) is 1.13. The number of hydrogen-bond donors (Lipinski definition) is 3. The molecule has 4 rings (SSSR count). The molecule has 0 amide bonds. The van der Waals surface area contributed by atoms with E-state index in [1.807, 2.05) is 0 Å². The Balaban J connectivity index is 1.51. The van der Waals surface area contributed by atoms with Crippen LogP contribution in [0.15, 0.2) is 24.3 Å². The first-order valence-electron chi connectivity index (χ1n) is 10.0. The molecule has 0 saturated carbocycles. The number of nitrogens with one attached hydrogen (secondary N) is 1. The molecule has 34 heavy (non-hydrogen) atoms. The van der Waals surface area contributed by atoms with Crippen molar-refractivity contribution in [2.75, 3.05) is 32.2 Å². The van der Waals surface area contributed by atoms with Crippen molar-refractivity contribution in [3.63, 3.8) is 0 Å². The first kappa shape index (κ1) is 25.1. The minimum absolute atomic E-state index is 0.0305. The van der Waals surface area contributed by atoms with Gasteiger partial charge in [-0.15, -0.1) is 18.8 Å². The monoisotopic (exact) mass is 519 g/mol. The fraction of sp³-hybridized carbons (Fsp3) is 0.588. The van der Waals surface area contributed by atoms with Crippen LogP contribution in [0.25, 0.3) is 11.2 Å². The number of imidazole rings is 1. The zero-order valence-corrected chi connectivity index (χ0v) is 19.9. The largest absolute Gasteiger partial charge is 0.695 e. The Bertz CT molecular complexity index is 1080. The molecular weight excluding hydrogens is 496 g/mol. The van der Waals surface area contributed by atoms with Crippen molar-refractivity contribution in [3.05, 3.63) is 24.3 Å². The molecule has 2 aromatic heterocycles. The van der Waals surface area contributed by atoms with Crippen LogP contribution in [0.3, 0.4) is 0 Å². The van der Waals surface area contributed by atoms with Gasteiger partial charge >= 0.3 is 16.5 Å². The number of nitrogens with zero attached hydrogens (tertiary/aromatic N) is 4. The van der Waals surface area contributed by atoms with E-state index in [4.69, 9.17) is 33.3 Å². The number of rotatable bonds is 11. The number of anilines is 1. The Morgan fingerprint density at radius 2 is 1.94 bits per heavy atom. The minimum atomic E-state index is -2.80. The lowest BCUT2D eigenvalue weighted by Gasteiger charge is -2.19. The van der Waals surface area contributed by atoms with Gasteiger partial charge in [-0.3, -0.25) is 4.57 Å². The zero-order valence-electron chi connectivity index (χ0n) is 18.1. The molecule has 2 aliphatic rings. The second kappa shape index (κ2) is 11.1. The normalized spacial score (nSPS) is 27.8. The second-order valence-corrected chi connectivity index (χ2v) is 8.78. The zero-order chi connectivity index (χ0) is 24.2. The van der Waals surface area contributed by atoms with Gasteiger partial charge in [0.05, 0.1) is 6.33 Å². The second-order valence-electron chi connectivity index (χ2n) is 7.31. The fourth-order valence-corrected chi connectivity index (χ4v) is 4.21. The topological polar surface area (TPSA) is 186 Å². The number of aromatic nitrogens is 4. The van der Waals surface area contributed by atoms with Crippen LogP contribution in [-0.2, 0) is 37.1 Å². The number of hydrogen-bond acceptors (Lipinski definition) is 12. The lowest BCUT2D eigenvalue weighted by Crippen LogP contribution is -2.31. The quantitative estimate of drug-likeness (QED) is 0.283. The van der Waals surface area contributed by atoms with Gasteiger partial charge in [0.25, 0.3) is 6.48 Å². The lowest BCUT2D eigenvalue weighted by atomic mass is 10.1. The highest BCUT2D eigenvalue weighted by Crippen LogP contribution is 2.41. The summed E-state index contributed by atoms with van der Waals surface area (Å²) in [6.07, 6.45) is 2.06. The summed E-state index contributed by atoms with van der Waals surface area (Å²) in [7, 11) is -4.02. The van der Waals surface area contributed by atoms with Gasteiger partial charge in [-0.2, -0.15) is 0 Å². The predicted molar refractivity (Wildman–Crippen MR) is 114 cm³/mol. The fourth-order valence-electron chi connectivity index (χ4n) is 3.62. The SMILES string of the molecule is COC1O[C@@H]2[C@H](O1)[C@@H](CO[P+](=O)O)O[C@H]2n1cnc2c(NC/C=C(\C)CO[P+](=O)O)ncnc21. The number of ether oxygens (including phenoxy) is 4. The molecule has 0 aromatic carbocycles. The highest BCUT2D eigenvalue weighted by atomic mass is 31.1. The molecule has 3 unspecified atom stereocenters. The van der Waals surface area contributed by atoms with Gasteiger partial charge in [-0.05, 0) is 12.5 Å². The third-order valence-corrected chi connectivity index (χ3v) is 5.84. The summed E-state index contributed by atoms with van der Waals surface area (Å²) >= 11 is 0. The highest BCUT2D eigenvalue weighted by Gasteiger charge is 2.54. The molecule has 184 valence electrons. The lowest BCUT2D eigenvalue weighted by molar-refractivity contribution is -0.256. The molecule has 0 aliphatic carbocycles. The van der Waals surface area contributed by atoms with Crippen LogP contribution in [0.4, 0.5) is 5.82 Å². The summed E-state index contributed by atoms with van der Waals surface area (Å²) in [6.45, 7) is 1.06. The highest BCUT2D eigenvalue weighted by molar-refractivity contribution is 7.32. The molecule has 17 heteroatoms. The summed E-state index contributed by atoms with van der Waals surface area (Å²) in [5, 5.41) is 3.12. The van der Waals surface area contributed by atoms with E-state index in [-0.39, 0.29) is 13.2 Å². The van der Waals surface area contributed by atoms with Crippen LogP contribution in [0.1, 0.15) is 13.2 Å². The van der Waals surface area contributed by atoms with Crippen LogP contribution in [-0.4, -0.2) is 81.0 Å². The maximum atomic E-state index is 11.0. The van der Waals surface area contributed by atoms with Gasteiger partial charge in [-0.25, -0.2) is 15.0 Å². The summed E-state index contributed by atoms with van der Waals surface area (Å²) in [6, 6.07) is 0. The molecule has 3 N–H and O–H groups in total. The van der Waals surface area contributed by atoms with Gasteiger partial charge in [0, 0.05) is 22.8 Å². The van der Waals surface area contributed by atoms with Crippen molar-refractivity contribution < 1.29 is 46.9 Å². The average molecular weight is 519 g/mol. The van der Waals surface area contributed by atoms with E-state index in [1.54, 1.807) is 17.6 Å². The van der Waals surface area contributed by atoms with Crippen molar-refractivity contribution in [2.24, 2.45) is 0 Å². The molecule has 2 aliphatic heterocycles. The Morgan fingerprint density at radius 3 is 2.68 bits per heavy atom. The Labute approximate surface area is 194 Å². The Morgan fingerprint density at radius 1 is 1.18 bits per heavy atom. The van der Waals surface area contributed by atoms with Gasteiger partial charge in [0.15, 0.2) is 23.2 Å². The van der Waals surface area contributed by atoms with E-state index >= 15 is 0 Å². The van der Waals surface area contributed by atoms with Crippen molar-refractivity contribution in [1.82, 2.24) is 19.5 Å². The van der Waals surface area contributed by atoms with Gasteiger partial charge in [-0.1, -0.05) is 6.08 Å². The third-order valence-electron chi connectivity index (χ3n) is 5.12. The third kappa shape index (κ3) is 5.61. The first-order chi connectivity index (χ1) is 16.4. The van der Waals surface area contributed by atoms with Crippen molar-refractivity contribution in [1.29, 1.82) is 0 Å². The summed E-state index contributed by atoms with van der Waals surface area (Å²) in [5.41, 5.74) is 1.70. The first-order valence-corrected chi connectivity index (χ1v) is 12.3. The van der Waals surface area contributed by atoms with E-state index in [1.165, 1.54) is 19.8 Å². The van der Waals surface area contributed by atoms with Crippen molar-refractivity contribution in [2.45, 2.75) is 37.9 Å². The van der Waals surface area contributed by atoms with E-state index < -0.39 is 47.5 Å². The summed E-state index contributed by atoms with van der Waals surface area (Å²) < 4.78 is 55.4. The molecule has 0 bridgehead atoms. The number of fused-ring (bicyclic) bond motifs is 2. The van der Waals surface area contributed by atoms with Gasteiger partial charge < -0.3 is 24.3 Å². The summed E-state index contributed by atoms with van der Waals surface area (Å²) in [5.74, 6) is 0.465. The Kier molecular flexibility index (Phi) is 8.22. The summed E-state index contributed by atoms with van der Waals surface area (Å²) in [4.78, 5) is 30.7. The molecule has 0 spiro atoms. The molecule has 7 atom stereocenters. The van der Waals surface area contributed by atoms with E-state index in [0.717, 1.165) is 5.57 Å². The van der Waals surface area contributed by atoms with Crippen LogP contribution in [0.2, 0.25) is 0 Å². The smallest absolute Gasteiger partial charge is 0.365 e. The Hall–Kier alpha value is -2.03. The standard InChI is InChI=1S/C17H21N5O10P2/c1-9(5-28-33(23)24)3-4-18-14-11-15(20-7-19-14)22(8-21-11)16-13-12(31-17(27-2)32-13)10(30-16)6-29-34(25)26/h3,7-8,10,12-13,16-17H,4-6H2,1-2H3,(H-2,18,19,20,23,24,25,26)/p+2/b9-3+/t10-,12-,13-,16-,17?/m1/s1. The van der Waals surface area contributed by atoms with Gasteiger partial charge in [0.1, 0.15) is 37.9 Å². The molecule has 4 heterocycles.